The Balaban J connectivity index is 1.66. The molecule has 1 aromatic carbocycles. The number of imide groups is 1. The zero-order chi connectivity index (χ0) is 19.8. The molecule has 27 heavy (non-hydrogen) atoms. The Morgan fingerprint density at radius 2 is 1.67 bits per heavy atom. The van der Waals surface area contributed by atoms with E-state index in [4.69, 9.17) is 9.57 Å². The molecule has 0 N–H and O–H groups in total. The monoisotopic (exact) mass is 372 g/mol. The Labute approximate surface area is 153 Å². The van der Waals surface area contributed by atoms with Gasteiger partial charge >= 0.3 is 11.9 Å². The predicted molar refractivity (Wildman–Crippen MR) is 88.2 cm³/mol. The van der Waals surface area contributed by atoms with Crippen molar-refractivity contribution in [2.45, 2.75) is 32.9 Å². The summed E-state index contributed by atoms with van der Waals surface area (Å²) in [4.78, 5) is 53.2. The van der Waals surface area contributed by atoms with Crippen LogP contribution in [0.1, 0.15) is 52.0 Å². The molecule has 0 atom stereocenters. The van der Waals surface area contributed by atoms with E-state index >= 15 is 0 Å². The summed E-state index contributed by atoms with van der Waals surface area (Å²) in [6, 6.07) is 6.11. The van der Waals surface area contributed by atoms with E-state index in [1.54, 1.807) is 32.9 Å². The maximum Gasteiger partial charge on any atom is 0.385 e. The van der Waals surface area contributed by atoms with Crippen molar-refractivity contribution in [3.63, 3.8) is 0 Å². The zero-order valence-corrected chi connectivity index (χ0v) is 14.8. The molecule has 0 saturated carbocycles. The van der Waals surface area contributed by atoms with Crippen LogP contribution in [0.15, 0.2) is 30.5 Å². The van der Waals surface area contributed by atoms with Gasteiger partial charge < -0.3 is 9.57 Å². The van der Waals surface area contributed by atoms with Crippen LogP contribution in [0.3, 0.4) is 0 Å². The van der Waals surface area contributed by atoms with E-state index in [0.29, 0.717) is 5.06 Å². The number of carbonyl (C=O) groups is 4. The van der Waals surface area contributed by atoms with E-state index in [0.717, 1.165) is 10.9 Å². The minimum absolute atomic E-state index is 0.142. The molecule has 2 aromatic rings. The van der Waals surface area contributed by atoms with Gasteiger partial charge in [-0.3, -0.25) is 14.4 Å². The number of hydrogen-bond donors (Lipinski definition) is 0. The molecule has 2 amide bonds. The Hall–Kier alpha value is -3.56. The molecular weight excluding hydrogens is 356 g/mol. The van der Waals surface area contributed by atoms with Crippen LogP contribution in [0.2, 0.25) is 0 Å². The van der Waals surface area contributed by atoms with Crippen LogP contribution in [0.5, 0.6) is 0 Å². The topological polar surface area (TPSA) is 121 Å². The van der Waals surface area contributed by atoms with E-state index in [1.807, 2.05) is 0 Å². The quantitative estimate of drug-likeness (QED) is 0.575. The highest BCUT2D eigenvalue weighted by Gasteiger charge is 2.39. The van der Waals surface area contributed by atoms with Crippen molar-refractivity contribution in [2.75, 3.05) is 0 Å². The van der Waals surface area contributed by atoms with Crippen molar-refractivity contribution < 1.29 is 28.8 Å². The maximum atomic E-state index is 12.2. The van der Waals surface area contributed by atoms with E-state index < -0.39 is 29.4 Å². The molecular formula is C17H16N4O6. The third-order valence-corrected chi connectivity index (χ3v) is 3.39. The average molecular weight is 372 g/mol. The highest BCUT2D eigenvalue weighted by atomic mass is 16.7. The van der Waals surface area contributed by atoms with Gasteiger partial charge in [-0.1, -0.05) is 22.4 Å². The SMILES string of the molecule is CC(C)(C)OC(=O)Cn1cc(C(=O)ON2C(=O)c3ccccc3C2=O)nn1. The van der Waals surface area contributed by atoms with Gasteiger partial charge in [0.25, 0.3) is 11.8 Å². The summed E-state index contributed by atoms with van der Waals surface area (Å²) in [7, 11) is 0. The third-order valence-electron chi connectivity index (χ3n) is 3.39. The minimum Gasteiger partial charge on any atom is -0.459 e. The molecule has 3 rings (SSSR count). The molecule has 1 aliphatic heterocycles. The number of rotatable bonds is 4. The molecule has 0 unspecified atom stereocenters. The number of amides is 2. The van der Waals surface area contributed by atoms with Crippen LogP contribution >= 0.6 is 0 Å². The predicted octanol–water partition coefficient (Wildman–Crippen LogP) is 0.988. The molecule has 0 fully saturated rings. The Bertz CT molecular complexity index is 908. The number of hydroxylamine groups is 2. The Morgan fingerprint density at radius 1 is 1.07 bits per heavy atom. The highest BCUT2D eigenvalue weighted by Crippen LogP contribution is 2.23. The second-order valence-corrected chi connectivity index (χ2v) is 6.72. The zero-order valence-electron chi connectivity index (χ0n) is 14.8. The summed E-state index contributed by atoms with van der Waals surface area (Å²) in [5.74, 6) is -3.11. The first-order chi connectivity index (χ1) is 12.7. The molecule has 1 aromatic heterocycles. The van der Waals surface area contributed by atoms with Gasteiger partial charge in [0.15, 0.2) is 5.69 Å². The van der Waals surface area contributed by atoms with Crippen molar-refractivity contribution in [1.29, 1.82) is 0 Å². The second-order valence-electron chi connectivity index (χ2n) is 6.72. The van der Waals surface area contributed by atoms with Gasteiger partial charge in [0.05, 0.1) is 17.3 Å². The number of benzene rings is 1. The van der Waals surface area contributed by atoms with Gasteiger partial charge in [-0.25, -0.2) is 9.48 Å². The average Bonchev–Trinajstić information content (AvgIpc) is 3.13. The van der Waals surface area contributed by atoms with E-state index in [-0.39, 0.29) is 23.4 Å². The number of aromatic nitrogens is 3. The standard InChI is InChI=1S/C17H16N4O6/c1-17(2,3)26-13(22)9-20-8-12(18-19-20)16(25)27-21-14(23)10-6-4-5-7-11(10)15(21)24/h4-8H,9H2,1-3H3. The number of ether oxygens (including phenoxy) is 1. The van der Waals surface area contributed by atoms with Crippen molar-refractivity contribution in [3.8, 4) is 0 Å². The fourth-order valence-corrected chi connectivity index (χ4v) is 2.35. The fourth-order valence-electron chi connectivity index (χ4n) is 2.35. The van der Waals surface area contributed by atoms with Crippen molar-refractivity contribution in [1.82, 2.24) is 20.1 Å². The molecule has 10 nitrogen and oxygen atoms in total. The first-order valence-electron chi connectivity index (χ1n) is 7.98. The number of esters is 1. The molecule has 0 radical (unpaired) electrons. The summed E-state index contributed by atoms with van der Waals surface area (Å²) in [6.45, 7) is 4.90. The van der Waals surface area contributed by atoms with Gasteiger partial charge in [-0.15, -0.1) is 5.10 Å². The number of hydrogen-bond acceptors (Lipinski definition) is 8. The Kier molecular flexibility index (Phi) is 4.48. The molecule has 0 aliphatic carbocycles. The van der Waals surface area contributed by atoms with Crippen molar-refractivity contribution in [2.24, 2.45) is 0 Å². The first-order valence-corrected chi connectivity index (χ1v) is 7.98. The summed E-state index contributed by atoms with van der Waals surface area (Å²) < 4.78 is 6.23. The van der Waals surface area contributed by atoms with Gasteiger partial charge in [-0.2, -0.15) is 0 Å². The van der Waals surface area contributed by atoms with E-state index in [1.165, 1.54) is 12.1 Å². The van der Waals surface area contributed by atoms with Crippen LogP contribution in [-0.4, -0.2) is 49.4 Å². The van der Waals surface area contributed by atoms with E-state index in [9.17, 15) is 19.2 Å². The van der Waals surface area contributed by atoms with Crippen LogP contribution in [0, 0.1) is 0 Å². The summed E-state index contributed by atoms with van der Waals surface area (Å²) in [5, 5.41) is 7.60. The van der Waals surface area contributed by atoms with Crippen LogP contribution < -0.4 is 0 Å². The van der Waals surface area contributed by atoms with Crippen LogP contribution in [0.4, 0.5) is 0 Å². The first kappa shape index (κ1) is 18.2. The second kappa shape index (κ2) is 6.63. The smallest absolute Gasteiger partial charge is 0.385 e. The van der Waals surface area contributed by atoms with Crippen molar-refractivity contribution in [3.05, 3.63) is 47.3 Å². The molecule has 0 saturated heterocycles. The third kappa shape index (κ3) is 3.84. The molecule has 140 valence electrons. The summed E-state index contributed by atoms with van der Waals surface area (Å²) >= 11 is 0. The number of carbonyl (C=O) groups excluding carboxylic acids is 4. The lowest BCUT2D eigenvalue weighted by Gasteiger charge is -2.19. The van der Waals surface area contributed by atoms with Gasteiger partial charge in [-0.05, 0) is 32.9 Å². The van der Waals surface area contributed by atoms with Gasteiger partial charge in [0, 0.05) is 0 Å². The van der Waals surface area contributed by atoms with E-state index in [2.05, 4.69) is 10.3 Å². The Morgan fingerprint density at radius 3 is 2.22 bits per heavy atom. The van der Waals surface area contributed by atoms with Crippen LogP contribution in [0.25, 0.3) is 0 Å². The molecule has 10 heteroatoms. The summed E-state index contributed by atoms with van der Waals surface area (Å²) in [6.07, 6.45) is 1.16. The number of nitrogens with zero attached hydrogens (tertiary/aromatic N) is 4. The summed E-state index contributed by atoms with van der Waals surface area (Å²) in [5.41, 5.74) is -0.645. The largest absolute Gasteiger partial charge is 0.459 e. The fraction of sp³-hybridized carbons (Fsp3) is 0.294. The lowest BCUT2D eigenvalue weighted by molar-refractivity contribution is -0.155. The van der Waals surface area contributed by atoms with Crippen LogP contribution in [-0.2, 0) is 20.9 Å². The van der Waals surface area contributed by atoms with Gasteiger partial charge in [0.1, 0.15) is 12.1 Å². The normalized spacial score (nSPS) is 13.5. The van der Waals surface area contributed by atoms with Crippen molar-refractivity contribution >= 4 is 23.8 Å². The maximum absolute atomic E-state index is 12.2. The minimum atomic E-state index is -1.06. The lowest BCUT2D eigenvalue weighted by atomic mass is 10.1. The lowest BCUT2D eigenvalue weighted by Crippen LogP contribution is -2.32. The number of fused-ring (bicyclic) bond motifs is 1. The highest BCUT2D eigenvalue weighted by molar-refractivity contribution is 6.21. The molecule has 0 bridgehead atoms. The van der Waals surface area contributed by atoms with Gasteiger partial charge in [0.2, 0.25) is 0 Å². The molecule has 0 spiro atoms. The molecule has 2 heterocycles. The molecule has 1 aliphatic rings.